The highest BCUT2D eigenvalue weighted by molar-refractivity contribution is 5.81. The average molecular weight is 406 g/mol. The van der Waals surface area contributed by atoms with Crippen molar-refractivity contribution in [3.05, 3.63) is 35.3 Å². The molecule has 2 unspecified atom stereocenters. The Morgan fingerprint density at radius 1 is 1.33 bits per heavy atom. The maximum absolute atomic E-state index is 9.56. The second kappa shape index (κ2) is 7.80. The number of hydrogen-bond acceptors (Lipinski definition) is 8. The normalized spacial score (nSPS) is 17.3. The van der Waals surface area contributed by atoms with Crippen LogP contribution < -0.4 is 21.3 Å². The van der Waals surface area contributed by atoms with Crippen LogP contribution in [0.1, 0.15) is 36.3 Å². The fourth-order valence-corrected chi connectivity index (χ4v) is 4.08. The van der Waals surface area contributed by atoms with Crippen LogP contribution in [0.25, 0.3) is 11.0 Å². The molecule has 156 valence electrons. The van der Waals surface area contributed by atoms with Crippen molar-refractivity contribution in [2.24, 2.45) is 7.05 Å². The van der Waals surface area contributed by atoms with E-state index in [1.54, 1.807) is 6.92 Å². The predicted molar refractivity (Wildman–Crippen MR) is 118 cm³/mol. The van der Waals surface area contributed by atoms with Crippen LogP contribution in [0, 0.1) is 18.3 Å². The minimum absolute atomic E-state index is 0.143. The Balaban J connectivity index is 1.76. The predicted octanol–water partition coefficient (Wildman–Crippen LogP) is 2.10. The van der Waals surface area contributed by atoms with Crippen molar-refractivity contribution >= 4 is 28.5 Å². The molecular weight excluding hydrogens is 378 g/mol. The topological polar surface area (TPSA) is 121 Å². The molecule has 1 aliphatic rings. The third-order valence-electron chi connectivity index (χ3n) is 5.79. The molecule has 3 aromatic rings. The summed E-state index contributed by atoms with van der Waals surface area (Å²) in [4.78, 5) is 15.7. The van der Waals surface area contributed by atoms with Crippen molar-refractivity contribution in [3.63, 3.8) is 0 Å². The number of nitrogens with two attached hydrogens (primary N) is 1. The van der Waals surface area contributed by atoms with Gasteiger partial charge in [0.05, 0.1) is 34.2 Å². The first-order valence-electron chi connectivity index (χ1n) is 10.1. The molecule has 0 saturated carbocycles. The summed E-state index contributed by atoms with van der Waals surface area (Å²) in [6.45, 7) is 5.68. The smallest absolute Gasteiger partial charge is 0.222 e. The summed E-state index contributed by atoms with van der Waals surface area (Å²) in [7, 11) is 4.03. The van der Waals surface area contributed by atoms with Crippen molar-refractivity contribution in [2.45, 2.75) is 32.4 Å². The van der Waals surface area contributed by atoms with Crippen molar-refractivity contribution < 1.29 is 0 Å². The molecule has 2 atom stereocenters. The number of rotatable bonds is 5. The van der Waals surface area contributed by atoms with E-state index >= 15 is 0 Å². The Morgan fingerprint density at radius 3 is 2.83 bits per heavy atom. The fraction of sp³-hybridized carbons (Fsp3) is 0.429. The SMILES string of the molecule is CNC1CCN(c2cc3c(ccn3C)nc2C(C)Nc2nc(N)nc(C)c2C#N)C1. The van der Waals surface area contributed by atoms with Gasteiger partial charge in [-0.3, -0.25) is 0 Å². The van der Waals surface area contributed by atoms with Crippen molar-refractivity contribution in [1.29, 1.82) is 5.26 Å². The van der Waals surface area contributed by atoms with Gasteiger partial charge >= 0.3 is 0 Å². The number of aromatic nitrogens is 4. The van der Waals surface area contributed by atoms with Crippen molar-refractivity contribution in [2.75, 3.05) is 36.1 Å². The molecule has 0 amide bonds. The Kier molecular flexibility index (Phi) is 5.18. The van der Waals surface area contributed by atoms with Crippen LogP contribution >= 0.6 is 0 Å². The van der Waals surface area contributed by atoms with Gasteiger partial charge in [-0.15, -0.1) is 0 Å². The van der Waals surface area contributed by atoms with Gasteiger partial charge in [-0.25, -0.2) is 9.97 Å². The molecule has 0 radical (unpaired) electrons. The quantitative estimate of drug-likeness (QED) is 0.590. The number of pyridine rings is 1. The molecule has 1 saturated heterocycles. The third kappa shape index (κ3) is 3.50. The molecule has 9 nitrogen and oxygen atoms in total. The third-order valence-corrected chi connectivity index (χ3v) is 5.79. The fourth-order valence-electron chi connectivity index (χ4n) is 4.08. The van der Waals surface area contributed by atoms with E-state index in [0.29, 0.717) is 23.1 Å². The minimum atomic E-state index is -0.181. The lowest BCUT2D eigenvalue weighted by molar-refractivity contribution is 0.616. The summed E-state index contributed by atoms with van der Waals surface area (Å²) in [6, 6.07) is 6.68. The van der Waals surface area contributed by atoms with E-state index in [1.807, 2.05) is 33.3 Å². The largest absolute Gasteiger partial charge is 0.368 e. The summed E-state index contributed by atoms with van der Waals surface area (Å²) >= 11 is 0. The lowest BCUT2D eigenvalue weighted by Gasteiger charge is -2.25. The first kappa shape index (κ1) is 19.9. The van der Waals surface area contributed by atoms with Gasteiger partial charge in [0.2, 0.25) is 5.95 Å². The molecule has 0 spiro atoms. The number of likely N-dealkylation sites (N-methyl/N-ethyl adjacent to an activating group) is 1. The maximum Gasteiger partial charge on any atom is 0.222 e. The van der Waals surface area contributed by atoms with Crippen LogP contribution in [0.5, 0.6) is 0 Å². The molecule has 4 heterocycles. The molecule has 3 aromatic heterocycles. The molecule has 9 heteroatoms. The standard InChI is InChI=1S/C21H27N9/c1-12-15(10-22)20(28-21(23)26-12)25-13(2)19-18(30-8-5-14(11-30)24-3)9-17-16(27-19)6-7-29(17)4/h6-7,9,13-14,24H,5,8,11H2,1-4H3,(H3,23,25,26,28). The van der Waals surface area contributed by atoms with E-state index in [9.17, 15) is 5.26 Å². The molecule has 0 aromatic carbocycles. The van der Waals surface area contributed by atoms with E-state index in [0.717, 1.165) is 41.9 Å². The summed E-state index contributed by atoms with van der Waals surface area (Å²) < 4.78 is 2.08. The number of aryl methyl sites for hydroxylation is 2. The van der Waals surface area contributed by atoms with E-state index in [2.05, 4.69) is 42.2 Å². The summed E-state index contributed by atoms with van der Waals surface area (Å²) in [6.07, 6.45) is 3.11. The molecule has 4 rings (SSSR count). The molecule has 4 N–H and O–H groups in total. The number of nitriles is 1. The van der Waals surface area contributed by atoms with Crippen LogP contribution in [0.4, 0.5) is 17.5 Å². The Morgan fingerprint density at radius 2 is 2.13 bits per heavy atom. The molecule has 0 bridgehead atoms. The lowest BCUT2D eigenvalue weighted by Crippen LogP contribution is -2.30. The maximum atomic E-state index is 9.56. The Bertz CT molecular complexity index is 1130. The van der Waals surface area contributed by atoms with E-state index in [-0.39, 0.29) is 12.0 Å². The van der Waals surface area contributed by atoms with Crippen molar-refractivity contribution in [3.8, 4) is 6.07 Å². The zero-order valence-electron chi connectivity index (χ0n) is 17.8. The average Bonchev–Trinajstić information content (AvgIpc) is 3.33. The van der Waals surface area contributed by atoms with Gasteiger partial charge in [0.25, 0.3) is 0 Å². The van der Waals surface area contributed by atoms with E-state index in [1.165, 1.54) is 0 Å². The lowest BCUT2D eigenvalue weighted by atomic mass is 10.1. The second-order valence-electron chi connectivity index (χ2n) is 7.81. The number of hydrogen-bond donors (Lipinski definition) is 3. The van der Waals surface area contributed by atoms with Gasteiger partial charge in [-0.2, -0.15) is 10.2 Å². The highest BCUT2D eigenvalue weighted by atomic mass is 15.2. The second-order valence-corrected chi connectivity index (χ2v) is 7.81. The van der Waals surface area contributed by atoms with Crippen LogP contribution in [-0.2, 0) is 7.05 Å². The van der Waals surface area contributed by atoms with E-state index in [4.69, 9.17) is 10.7 Å². The van der Waals surface area contributed by atoms with Gasteiger partial charge in [0, 0.05) is 32.4 Å². The van der Waals surface area contributed by atoms with Crippen LogP contribution in [-0.4, -0.2) is 45.7 Å². The summed E-state index contributed by atoms with van der Waals surface area (Å²) in [5.41, 5.74) is 10.8. The number of fused-ring (bicyclic) bond motifs is 1. The Labute approximate surface area is 175 Å². The number of nitrogens with zero attached hydrogens (tertiary/aromatic N) is 6. The highest BCUT2D eigenvalue weighted by Crippen LogP contribution is 2.33. The number of anilines is 3. The monoisotopic (exact) mass is 405 g/mol. The first-order valence-corrected chi connectivity index (χ1v) is 10.1. The van der Waals surface area contributed by atoms with Gasteiger partial charge < -0.3 is 25.8 Å². The summed E-state index contributed by atoms with van der Waals surface area (Å²) in [5.74, 6) is 0.578. The number of nitrogen functional groups attached to an aromatic ring is 1. The molecule has 0 aliphatic carbocycles. The van der Waals surface area contributed by atoms with Gasteiger partial charge in [0.15, 0.2) is 0 Å². The first-order chi connectivity index (χ1) is 14.4. The van der Waals surface area contributed by atoms with Gasteiger partial charge in [-0.05, 0) is 39.4 Å². The minimum Gasteiger partial charge on any atom is -0.368 e. The van der Waals surface area contributed by atoms with E-state index < -0.39 is 0 Å². The van der Waals surface area contributed by atoms with Gasteiger partial charge in [-0.1, -0.05) is 0 Å². The zero-order valence-corrected chi connectivity index (χ0v) is 17.8. The zero-order chi connectivity index (χ0) is 21.4. The highest BCUT2D eigenvalue weighted by Gasteiger charge is 2.27. The van der Waals surface area contributed by atoms with Crippen molar-refractivity contribution in [1.82, 2.24) is 24.8 Å². The molecular formula is C21H27N9. The van der Waals surface area contributed by atoms with Gasteiger partial charge in [0.1, 0.15) is 17.5 Å². The van der Waals surface area contributed by atoms with Crippen LogP contribution in [0.15, 0.2) is 18.3 Å². The molecule has 1 aliphatic heterocycles. The molecule has 30 heavy (non-hydrogen) atoms. The number of nitrogens with one attached hydrogen (secondary N) is 2. The summed E-state index contributed by atoms with van der Waals surface area (Å²) in [5, 5.41) is 16.3. The molecule has 1 fully saturated rings. The van der Waals surface area contributed by atoms with Crippen LogP contribution in [0.3, 0.4) is 0 Å². The van der Waals surface area contributed by atoms with Crippen LogP contribution in [0.2, 0.25) is 0 Å². The Hall–Kier alpha value is -3.38.